The fraction of sp³-hybridized carbons (Fsp3) is 0.227. The number of hydrogen-bond acceptors (Lipinski definition) is 4. The number of hydrogen-bond donors (Lipinski definition) is 2. The van der Waals surface area contributed by atoms with E-state index in [1.54, 1.807) is 24.0 Å². The molecule has 2 amide bonds. The number of halogens is 1. The fourth-order valence-corrected chi connectivity index (χ4v) is 4.82. The average Bonchev–Trinajstić information content (AvgIpc) is 3.12. The minimum atomic E-state index is -1.15. The van der Waals surface area contributed by atoms with E-state index < -0.39 is 5.54 Å². The van der Waals surface area contributed by atoms with Crippen LogP contribution in [0.4, 0.5) is 0 Å². The Labute approximate surface area is 181 Å². The SMILES string of the molecule is CC12C(=O)N(N=Cc3cc(Br)ccc3O)CC(=O)N1CCc1c2[nH]c2ccccc12. The van der Waals surface area contributed by atoms with Gasteiger partial charge in [-0.3, -0.25) is 9.59 Å². The Bertz CT molecular complexity index is 1230. The van der Waals surface area contributed by atoms with Gasteiger partial charge in [0, 0.05) is 27.5 Å². The number of nitrogens with one attached hydrogen (secondary N) is 1. The molecule has 1 unspecified atom stereocenters. The lowest BCUT2D eigenvalue weighted by molar-refractivity contribution is -0.165. The lowest BCUT2D eigenvalue weighted by Crippen LogP contribution is -2.65. The predicted molar refractivity (Wildman–Crippen MR) is 116 cm³/mol. The Morgan fingerprint density at radius 2 is 2.03 bits per heavy atom. The molecule has 3 heterocycles. The second-order valence-electron chi connectivity index (χ2n) is 7.70. The summed E-state index contributed by atoms with van der Waals surface area (Å²) >= 11 is 3.35. The predicted octanol–water partition coefficient (Wildman–Crippen LogP) is 3.11. The second kappa shape index (κ2) is 6.70. The Morgan fingerprint density at radius 3 is 2.87 bits per heavy atom. The highest BCUT2D eigenvalue weighted by Crippen LogP contribution is 2.41. The van der Waals surface area contributed by atoms with Crippen LogP contribution in [-0.4, -0.2) is 51.1 Å². The Morgan fingerprint density at radius 1 is 1.23 bits per heavy atom. The van der Waals surface area contributed by atoms with Crippen molar-refractivity contribution in [3.8, 4) is 5.75 Å². The van der Waals surface area contributed by atoms with E-state index in [2.05, 4.69) is 26.0 Å². The molecule has 7 nitrogen and oxygen atoms in total. The van der Waals surface area contributed by atoms with Crippen molar-refractivity contribution in [1.29, 1.82) is 0 Å². The van der Waals surface area contributed by atoms with Crippen molar-refractivity contribution in [3.63, 3.8) is 0 Å². The molecule has 152 valence electrons. The van der Waals surface area contributed by atoms with E-state index in [9.17, 15) is 14.7 Å². The van der Waals surface area contributed by atoms with Gasteiger partial charge >= 0.3 is 0 Å². The molecule has 1 atom stereocenters. The summed E-state index contributed by atoms with van der Waals surface area (Å²) in [7, 11) is 0. The molecule has 0 saturated carbocycles. The number of para-hydroxylation sites is 1. The van der Waals surface area contributed by atoms with Crippen LogP contribution in [0, 0.1) is 0 Å². The van der Waals surface area contributed by atoms with Crippen molar-refractivity contribution in [2.24, 2.45) is 5.10 Å². The molecule has 2 N–H and O–H groups in total. The first-order valence-corrected chi connectivity index (χ1v) is 10.4. The largest absolute Gasteiger partial charge is 0.507 e. The van der Waals surface area contributed by atoms with E-state index in [0.717, 1.165) is 26.6 Å². The minimum absolute atomic E-state index is 0.0427. The first kappa shape index (κ1) is 18.9. The van der Waals surface area contributed by atoms with Gasteiger partial charge in [-0.25, -0.2) is 5.01 Å². The summed E-state index contributed by atoms with van der Waals surface area (Å²) in [5, 5.41) is 16.6. The van der Waals surface area contributed by atoms with Gasteiger partial charge < -0.3 is 15.0 Å². The molecule has 2 aliphatic heterocycles. The zero-order valence-electron chi connectivity index (χ0n) is 16.2. The van der Waals surface area contributed by atoms with Gasteiger partial charge in [0.15, 0.2) is 5.54 Å². The van der Waals surface area contributed by atoms with Crippen molar-refractivity contribution in [2.45, 2.75) is 18.9 Å². The molecule has 1 aromatic heterocycles. The van der Waals surface area contributed by atoms with Crippen LogP contribution < -0.4 is 0 Å². The topological polar surface area (TPSA) is 89.0 Å². The number of benzene rings is 2. The highest BCUT2D eigenvalue weighted by molar-refractivity contribution is 9.10. The zero-order chi connectivity index (χ0) is 21.0. The molecule has 1 fully saturated rings. The maximum Gasteiger partial charge on any atom is 0.275 e. The van der Waals surface area contributed by atoms with E-state index in [4.69, 9.17) is 0 Å². The van der Waals surface area contributed by atoms with Crippen LogP contribution in [0.1, 0.15) is 23.7 Å². The zero-order valence-corrected chi connectivity index (χ0v) is 17.8. The van der Waals surface area contributed by atoms with Gasteiger partial charge in [0.25, 0.3) is 5.91 Å². The van der Waals surface area contributed by atoms with Crippen LogP contribution in [0.2, 0.25) is 0 Å². The van der Waals surface area contributed by atoms with Crippen molar-refractivity contribution >= 4 is 44.9 Å². The van der Waals surface area contributed by atoms with Gasteiger partial charge in [-0.1, -0.05) is 34.1 Å². The molecule has 30 heavy (non-hydrogen) atoms. The van der Waals surface area contributed by atoms with Crippen molar-refractivity contribution in [3.05, 3.63) is 63.8 Å². The third-order valence-electron chi connectivity index (χ3n) is 5.99. The smallest absolute Gasteiger partial charge is 0.275 e. The van der Waals surface area contributed by atoms with Crippen LogP contribution in [0.25, 0.3) is 10.9 Å². The Hall–Kier alpha value is -3.13. The van der Waals surface area contributed by atoms with Crippen LogP contribution in [0.3, 0.4) is 0 Å². The number of aromatic nitrogens is 1. The monoisotopic (exact) mass is 466 g/mol. The number of rotatable bonds is 2. The Kier molecular flexibility index (Phi) is 4.21. The highest BCUT2D eigenvalue weighted by Gasteiger charge is 2.54. The van der Waals surface area contributed by atoms with Crippen molar-refractivity contribution in [1.82, 2.24) is 14.9 Å². The van der Waals surface area contributed by atoms with Crippen LogP contribution in [0.5, 0.6) is 5.75 Å². The summed E-state index contributed by atoms with van der Waals surface area (Å²) in [5.74, 6) is -0.390. The number of aromatic amines is 1. The van der Waals surface area contributed by atoms with E-state index in [-0.39, 0.29) is 24.1 Å². The van der Waals surface area contributed by atoms with Crippen LogP contribution >= 0.6 is 15.9 Å². The summed E-state index contributed by atoms with van der Waals surface area (Å²) in [5.41, 5.74) is 2.07. The maximum absolute atomic E-state index is 13.6. The molecule has 2 aromatic carbocycles. The normalized spacial score (nSPS) is 21.4. The molecular formula is C22H19BrN4O3. The molecule has 3 aromatic rings. The number of phenols is 1. The Balaban J connectivity index is 1.57. The first-order valence-electron chi connectivity index (χ1n) is 9.64. The van der Waals surface area contributed by atoms with Gasteiger partial charge in [-0.05, 0) is 43.2 Å². The van der Waals surface area contributed by atoms with E-state index >= 15 is 0 Å². The van der Waals surface area contributed by atoms with E-state index in [1.165, 1.54) is 17.3 Å². The number of carbonyl (C=O) groups is 2. The maximum atomic E-state index is 13.6. The molecule has 0 spiro atoms. The third-order valence-corrected chi connectivity index (χ3v) is 6.48. The lowest BCUT2D eigenvalue weighted by Gasteiger charge is -2.48. The molecule has 8 heteroatoms. The molecule has 1 saturated heterocycles. The molecule has 0 aliphatic carbocycles. The standard InChI is InChI=1S/C22H19BrN4O3/c1-22-20-16(15-4-2-3-5-17(15)25-20)8-9-26(22)19(29)12-27(21(22)30)24-11-13-10-14(23)6-7-18(13)28/h2-7,10-11,25,28H,8-9,12H2,1H3. The quantitative estimate of drug-likeness (QED) is 0.568. The number of hydrazone groups is 1. The van der Waals surface area contributed by atoms with Gasteiger partial charge in [-0.15, -0.1) is 0 Å². The number of carbonyl (C=O) groups excluding carboxylic acids is 2. The van der Waals surface area contributed by atoms with E-state index in [0.29, 0.717) is 18.5 Å². The van der Waals surface area contributed by atoms with Crippen molar-refractivity contribution in [2.75, 3.05) is 13.1 Å². The summed E-state index contributed by atoms with van der Waals surface area (Å²) in [6.45, 7) is 2.13. The van der Waals surface area contributed by atoms with Gasteiger partial charge in [0.2, 0.25) is 5.91 Å². The number of amides is 2. The molecule has 0 bridgehead atoms. The summed E-state index contributed by atoms with van der Waals surface area (Å²) in [4.78, 5) is 31.5. The number of fused-ring (bicyclic) bond motifs is 5. The average molecular weight is 467 g/mol. The number of nitrogens with zero attached hydrogens (tertiary/aromatic N) is 3. The highest BCUT2D eigenvalue weighted by atomic mass is 79.9. The number of aromatic hydroxyl groups is 1. The summed E-state index contributed by atoms with van der Waals surface area (Å²) < 4.78 is 0.774. The summed E-state index contributed by atoms with van der Waals surface area (Å²) in [6, 6.07) is 12.9. The number of piperazine rings is 1. The van der Waals surface area contributed by atoms with E-state index in [1.807, 2.05) is 24.3 Å². The molecular weight excluding hydrogens is 448 g/mol. The summed E-state index contributed by atoms with van der Waals surface area (Å²) in [6.07, 6.45) is 2.10. The van der Waals surface area contributed by atoms with Crippen molar-refractivity contribution < 1.29 is 14.7 Å². The van der Waals surface area contributed by atoms with Gasteiger partial charge in [0.05, 0.1) is 11.9 Å². The third kappa shape index (κ3) is 2.67. The lowest BCUT2D eigenvalue weighted by atomic mass is 9.83. The number of phenolic OH excluding ortho intramolecular Hbond substituents is 1. The fourth-order valence-electron chi connectivity index (χ4n) is 4.44. The van der Waals surface area contributed by atoms with Gasteiger partial charge in [-0.2, -0.15) is 5.10 Å². The van der Waals surface area contributed by atoms with Crippen LogP contribution in [0.15, 0.2) is 52.0 Å². The molecule has 0 radical (unpaired) electrons. The van der Waals surface area contributed by atoms with Gasteiger partial charge in [0.1, 0.15) is 12.3 Å². The number of H-pyrrole nitrogens is 1. The molecule has 2 aliphatic rings. The first-order chi connectivity index (χ1) is 14.4. The molecule has 5 rings (SSSR count). The minimum Gasteiger partial charge on any atom is -0.507 e. The second-order valence-corrected chi connectivity index (χ2v) is 8.62. The van der Waals surface area contributed by atoms with Crippen LogP contribution in [-0.2, 0) is 21.5 Å².